The molecule has 2 heterocycles. The molecule has 0 spiro atoms. The molecule has 6 nitrogen and oxygen atoms in total. The van der Waals surface area contributed by atoms with Crippen molar-refractivity contribution in [1.29, 1.82) is 0 Å². The molecule has 2 aliphatic heterocycles. The van der Waals surface area contributed by atoms with Gasteiger partial charge in [-0.15, -0.1) is 0 Å². The zero-order valence-electron chi connectivity index (χ0n) is 26.2. The number of carbonyl (C=O) groups is 2. The van der Waals surface area contributed by atoms with Crippen molar-refractivity contribution in [3.8, 4) is 0 Å². The summed E-state index contributed by atoms with van der Waals surface area (Å²) in [6, 6.07) is 19.1. The van der Waals surface area contributed by atoms with Gasteiger partial charge >= 0.3 is 11.9 Å². The maximum Gasteiger partial charge on any atom is 0.322 e. The Balaban J connectivity index is 2.18. The number of rotatable bonds is 8. The smallest absolute Gasteiger partial charge is 0.322 e. The molecule has 4 N–H and O–H groups in total. The van der Waals surface area contributed by atoms with Crippen LogP contribution < -0.4 is 10.6 Å². The lowest BCUT2D eigenvalue weighted by Crippen LogP contribution is -2.71. The van der Waals surface area contributed by atoms with E-state index in [1.165, 1.54) is 0 Å². The first-order chi connectivity index (χ1) is 18.9. The highest BCUT2D eigenvalue weighted by atomic mass is 16.4. The van der Waals surface area contributed by atoms with Crippen LogP contribution in [0.4, 0.5) is 0 Å². The minimum atomic E-state index is -2.11. The van der Waals surface area contributed by atoms with Crippen molar-refractivity contribution < 1.29 is 19.8 Å². The van der Waals surface area contributed by atoms with Crippen molar-refractivity contribution in [3.63, 3.8) is 0 Å². The molecule has 0 saturated carbocycles. The zero-order chi connectivity index (χ0) is 30.5. The number of carboxylic acid groups (broad SMARTS) is 2. The average molecular weight is 563 g/mol. The summed E-state index contributed by atoms with van der Waals surface area (Å²) in [6.45, 7) is 17.3. The molecule has 6 heteroatoms. The van der Waals surface area contributed by atoms with Crippen LogP contribution in [0.3, 0.4) is 0 Å². The maximum atomic E-state index is 14.0. The number of hydrogen-bond acceptors (Lipinski definition) is 4. The summed E-state index contributed by atoms with van der Waals surface area (Å²) < 4.78 is 0. The number of hydrogen-bond donors (Lipinski definition) is 4. The lowest BCUT2D eigenvalue weighted by Gasteiger charge is -2.63. The van der Waals surface area contributed by atoms with Gasteiger partial charge in [-0.25, -0.2) is 0 Å². The number of aliphatic carboxylic acids is 2. The van der Waals surface area contributed by atoms with Crippen LogP contribution in [0.1, 0.15) is 92.2 Å². The Kier molecular flexibility index (Phi) is 8.03. The van der Waals surface area contributed by atoms with Gasteiger partial charge in [-0.2, -0.15) is 0 Å². The molecule has 2 aromatic rings. The van der Waals surface area contributed by atoms with Gasteiger partial charge in [-0.05, 0) is 104 Å². The Labute approximate surface area is 246 Å². The van der Waals surface area contributed by atoms with Crippen LogP contribution in [0.25, 0.3) is 0 Å². The molecule has 0 unspecified atom stereocenters. The van der Waals surface area contributed by atoms with Crippen LogP contribution in [0, 0.1) is 17.3 Å². The van der Waals surface area contributed by atoms with Gasteiger partial charge in [0.25, 0.3) is 0 Å². The quantitative estimate of drug-likeness (QED) is 0.277. The Morgan fingerprint density at radius 3 is 1.34 bits per heavy atom. The normalized spacial score (nSPS) is 22.6. The first-order valence-corrected chi connectivity index (χ1v) is 15.0. The third kappa shape index (κ3) is 5.83. The summed E-state index contributed by atoms with van der Waals surface area (Å²) >= 11 is 0. The second-order valence-corrected chi connectivity index (χ2v) is 15.4. The van der Waals surface area contributed by atoms with Crippen molar-refractivity contribution >= 4 is 11.9 Å². The van der Waals surface area contributed by atoms with Gasteiger partial charge in [0, 0.05) is 34.0 Å². The fourth-order valence-corrected chi connectivity index (χ4v) is 9.40. The highest BCUT2D eigenvalue weighted by Crippen LogP contribution is 2.62. The molecule has 4 rings (SSSR count). The van der Waals surface area contributed by atoms with Gasteiger partial charge in [0.05, 0.1) is 0 Å². The van der Waals surface area contributed by atoms with E-state index in [1.54, 1.807) is 0 Å². The summed E-state index contributed by atoms with van der Waals surface area (Å²) in [7, 11) is 0. The van der Waals surface area contributed by atoms with E-state index in [9.17, 15) is 19.8 Å². The lowest BCUT2D eigenvalue weighted by atomic mass is 9.42. The number of piperidine rings is 2. The van der Waals surface area contributed by atoms with E-state index in [0.29, 0.717) is 25.7 Å². The monoisotopic (exact) mass is 562 g/mol. The topological polar surface area (TPSA) is 98.7 Å². The standard InChI is InChI=1S/C35H50N2O4/c1-30(2)20-26(21-31(3,4)36-30)35(25-17-13-10-14-18-25,27-22-32(5,6)37-33(7,8)23-27)34(28(38)39,29(40)41)19-24-15-11-9-12-16-24/h9-18,26-27,36-37H,19-23H2,1-8H3,(H,38,39)(H,40,41). The third-order valence-corrected chi connectivity index (χ3v) is 9.67. The molecule has 0 aromatic heterocycles. The fraction of sp³-hybridized carbons (Fsp3) is 0.600. The number of benzene rings is 2. The predicted octanol–water partition coefficient (Wildman–Crippen LogP) is 6.44. The van der Waals surface area contributed by atoms with Gasteiger partial charge < -0.3 is 20.8 Å². The average Bonchev–Trinajstić information content (AvgIpc) is 2.81. The van der Waals surface area contributed by atoms with Gasteiger partial charge in [-0.3, -0.25) is 9.59 Å². The molecule has 224 valence electrons. The largest absolute Gasteiger partial charge is 0.480 e. The molecule has 0 atom stereocenters. The van der Waals surface area contributed by atoms with Gasteiger partial charge in [0.15, 0.2) is 5.41 Å². The molecule has 2 fully saturated rings. The van der Waals surface area contributed by atoms with E-state index in [2.05, 4.69) is 66.0 Å². The lowest BCUT2D eigenvalue weighted by molar-refractivity contribution is -0.182. The molecular weight excluding hydrogens is 512 g/mol. The van der Waals surface area contributed by atoms with Crippen LogP contribution in [0.15, 0.2) is 60.7 Å². The molecule has 0 amide bonds. The molecule has 0 radical (unpaired) electrons. The summed E-state index contributed by atoms with van der Waals surface area (Å²) in [4.78, 5) is 28.0. The van der Waals surface area contributed by atoms with Crippen LogP contribution in [-0.2, 0) is 21.4 Å². The summed E-state index contributed by atoms with van der Waals surface area (Å²) in [5, 5.41) is 30.4. The molecule has 41 heavy (non-hydrogen) atoms. The second kappa shape index (κ2) is 10.5. The molecule has 0 aliphatic carbocycles. The van der Waals surface area contributed by atoms with Crippen LogP contribution >= 0.6 is 0 Å². The Morgan fingerprint density at radius 2 is 1.00 bits per heavy atom. The summed E-state index contributed by atoms with van der Waals surface area (Å²) in [6.07, 6.45) is 2.55. The van der Waals surface area contributed by atoms with Gasteiger partial charge in [0.2, 0.25) is 0 Å². The zero-order valence-corrected chi connectivity index (χ0v) is 26.2. The van der Waals surface area contributed by atoms with Gasteiger partial charge in [-0.1, -0.05) is 60.7 Å². The highest BCUT2D eigenvalue weighted by Gasteiger charge is 2.70. The Bertz CT molecular complexity index is 1170. The van der Waals surface area contributed by atoms with Crippen molar-refractivity contribution in [2.45, 2.75) is 115 Å². The molecule has 2 aliphatic rings. The summed E-state index contributed by atoms with van der Waals surface area (Å²) in [5.41, 5.74) is -3.07. The molecule has 0 bridgehead atoms. The van der Waals surface area contributed by atoms with Crippen molar-refractivity contribution in [1.82, 2.24) is 10.6 Å². The molecule has 2 aromatic carbocycles. The second-order valence-electron chi connectivity index (χ2n) is 15.4. The van der Waals surface area contributed by atoms with Crippen molar-refractivity contribution in [2.24, 2.45) is 17.3 Å². The molecular formula is C35H50N2O4. The number of carboxylic acids is 2. The maximum absolute atomic E-state index is 14.0. The predicted molar refractivity (Wildman–Crippen MR) is 164 cm³/mol. The number of nitrogens with one attached hydrogen (secondary N) is 2. The fourth-order valence-electron chi connectivity index (χ4n) is 9.40. The third-order valence-electron chi connectivity index (χ3n) is 9.67. The van der Waals surface area contributed by atoms with Crippen molar-refractivity contribution in [3.05, 3.63) is 71.8 Å². The van der Waals surface area contributed by atoms with Crippen LogP contribution in [0.2, 0.25) is 0 Å². The van der Waals surface area contributed by atoms with Crippen LogP contribution in [0.5, 0.6) is 0 Å². The van der Waals surface area contributed by atoms with E-state index in [-0.39, 0.29) is 40.4 Å². The summed E-state index contributed by atoms with van der Waals surface area (Å²) in [5.74, 6) is -2.97. The molecule has 2 saturated heterocycles. The van der Waals surface area contributed by atoms with E-state index in [0.717, 1.165) is 11.1 Å². The SMILES string of the molecule is CC1(C)CC(C(c2ccccc2)(C2CC(C)(C)NC(C)(C)C2)C(Cc2ccccc2)(C(=O)O)C(=O)O)CC(C)(C)N1. The minimum Gasteiger partial charge on any atom is -0.480 e. The van der Waals surface area contributed by atoms with E-state index in [1.807, 2.05) is 60.7 Å². The van der Waals surface area contributed by atoms with Crippen LogP contribution in [-0.4, -0.2) is 44.3 Å². The Morgan fingerprint density at radius 1 is 0.659 bits per heavy atom. The minimum absolute atomic E-state index is 0.0943. The highest BCUT2D eigenvalue weighted by molar-refractivity contribution is 6.01. The van der Waals surface area contributed by atoms with E-state index < -0.39 is 22.8 Å². The van der Waals surface area contributed by atoms with E-state index in [4.69, 9.17) is 0 Å². The van der Waals surface area contributed by atoms with E-state index >= 15 is 0 Å². The Hall–Kier alpha value is -2.70. The first kappa shape index (κ1) is 31.2. The van der Waals surface area contributed by atoms with Gasteiger partial charge in [0.1, 0.15) is 0 Å². The first-order valence-electron chi connectivity index (χ1n) is 15.0. The van der Waals surface area contributed by atoms with Crippen molar-refractivity contribution in [2.75, 3.05) is 0 Å².